The number of nitrogens with zero attached hydrogens (tertiary/aromatic N) is 2. The molecule has 0 aromatic heterocycles. The highest BCUT2D eigenvalue weighted by Gasteiger charge is 2.51. The summed E-state index contributed by atoms with van der Waals surface area (Å²) in [4.78, 5) is 26.6. The van der Waals surface area contributed by atoms with Crippen LogP contribution in [0.3, 0.4) is 0 Å². The molecule has 7 nitrogen and oxygen atoms in total. The van der Waals surface area contributed by atoms with Crippen molar-refractivity contribution >= 4 is 38.4 Å². The Morgan fingerprint density at radius 2 is 1.58 bits per heavy atom. The van der Waals surface area contributed by atoms with E-state index in [1.807, 2.05) is 0 Å². The summed E-state index contributed by atoms with van der Waals surface area (Å²) in [5.74, 6) is -2.59. The summed E-state index contributed by atoms with van der Waals surface area (Å²) >= 11 is 0. The van der Waals surface area contributed by atoms with Crippen LogP contribution in [0.1, 0.15) is 20.7 Å². The molecule has 2 amide bonds. The number of alkyl halides is 3. The number of hydrogen-bond acceptors (Lipinski definition) is 6. The van der Waals surface area contributed by atoms with Crippen molar-refractivity contribution in [3.63, 3.8) is 0 Å². The summed E-state index contributed by atoms with van der Waals surface area (Å²) < 4.78 is 63.8. The van der Waals surface area contributed by atoms with E-state index in [0.29, 0.717) is 11.1 Å². The quantitative estimate of drug-likeness (QED) is 0.593. The number of imide groups is 1. The minimum Gasteiger partial charge on any atom is -0.377 e. The van der Waals surface area contributed by atoms with Crippen molar-refractivity contribution in [3.8, 4) is 0 Å². The standard InChI is InChI=1S/C15H11F3N2O5S/c1-19(2)11-7-6-10-12-8(11)4-3-5-9(12)13(21)20(14(10)22)25-26(23,24)15(16,17)18/h3-7H,1-2H3. The maximum absolute atomic E-state index is 12.5. The van der Waals surface area contributed by atoms with Crippen molar-refractivity contribution in [1.82, 2.24) is 5.06 Å². The number of carbonyl (C=O) groups excluding carboxylic acids is 2. The van der Waals surface area contributed by atoms with Gasteiger partial charge in [-0.1, -0.05) is 12.1 Å². The molecule has 1 aliphatic heterocycles. The zero-order valence-electron chi connectivity index (χ0n) is 13.4. The Hall–Kier alpha value is -2.66. The van der Waals surface area contributed by atoms with Gasteiger partial charge in [0, 0.05) is 30.6 Å². The Morgan fingerprint density at radius 3 is 2.12 bits per heavy atom. The highest BCUT2D eigenvalue weighted by molar-refractivity contribution is 7.87. The van der Waals surface area contributed by atoms with E-state index in [2.05, 4.69) is 4.28 Å². The molecule has 0 spiro atoms. The highest BCUT2D eigenvalue weighted by atomic mass is 32.2. The summed E-state index contributed by atoms with van der Waals surface area (Å²) in [5.41, 5.74) is -5.39. The lowest BCUT2D eigenvalue weighted by Gasteiger charge is -2.27. The molecule has 0 radical (unpaired) electrons. The second-order valence-electron chi connectivity index (χ2n) is 5.63. The molecule has 2 aromatic rings. The molecule has 0 aliphatic carbocycles. The van der Waals surface area contributed by atoms with Crippen LogP contribution in [0.15, 0.2) is 30.3 Å². The van der Waals surface area contributed by atoms with Gasteiger partial charge in [-0.05, 0) is 18.2 Å². The van der Waals surface area contributed by atoms with Gasteiger partial charge in [0.1, 0.15) is 0 Å². The first-order valence-corrected chi connectivity index (χ1v) is 8.49. The zero-order chi connectivity index (χ0) is 19.4. The number of anilines is 1. The molecule has 26 heavy (non-hydrogen) atoms. The van der Waals surface area contributed by atoms with Gasteiger partial charge in [-0.3, -0.25) is 9.59 Å². The molecule has 0 saturated heterocycles. The SMILES string of the molecule is CN(C)c1ccc2c3c(cccc13)C(=O)N(OS(=O)(=O)C(F)(F)F)C2=O. The smallest absolute Gasteiger partial charge is 0.377 e. The summed E-state index contributed by atoms with van der Waals surface area (Å²) in [5, 5.41) is 0.359. The molecular weight excluding hydrogens is 377 g/mol. The molecule has 0 bridgehead atoms. The summed E-state index contributed by atoms with van der Waals surface area (Å²) in [6, 6.07) is 7.22. The van der Waals surface area contributed by atoms with E-state index in [4.69, 9.17) is 0 Å². The third-order valence-corrected chi connectivity index (χ3v) is 4.70. The summed E-state index contributed by atoms with van der Waals surface area (Å²) in [6.07, 6.45) is 0. The van der Waals surface area contributed by atoms with Crippen molar-refractivity contribution < 1.29 is 35.5 Å². The average Bonchev–Trinajstić information content (AvgIpc) is 2.54. The second-order valence-corrected chi connectivity index (χ2v) is 7.15. The van der Waals surface area contributed by atoms with E-state index < -0.39 is 27.4 Å². The van der Waals surface area contributed by atoms with Gasteiger partial charge in [-0.15, -0.1) is 9.35 Å². The van der Waals surface area contributed by atoms with Crippen LogP contribution in [-0.2, 0) is 14.4 Å². The number of amides is 2. The van der Waals surface area contributed by atoms with E-state index >= 15 is 0 Å². The van der Waals surface area contributed by atoms with Crippen LogP contribution < -0.4 is 4.90 Å². The Bertz CT molecular complexity index is 1020. The van der Waals surface area contributed by atoms with Gasteiger partial charge in [-0.2, -0.15) is 21.6 Å². The van der Waals surface area contributed by atoms with Crippen LogP contribution in [0.4, 0.5) is 18.9 Å². The maximum Gasteiger partial charge on any atom is 0.525 e. The van der Waals surface area contributed by atoms with Gasteiger partial charge in [0.15, 0.2) is 0 Å². The fourth-order valence-electron chi connectivity index (χ4n) is 2.66. The minimum atomic E-state index is -6.18. The molecule has 0 saturated carbocycles. The van der Waals surface area contributed by atoms with Gasteiger partial charge in [0.05, 0.1) is 11.1 Å². The number of hydrogen-bond donors (Lipinski definition) is 0. The molecule has 1 aliphatic rings. The van der Waals surface area contributed by atoms with E-state index in [1.165, 1.54) is 24.3 Å². The minimum absolute atomic E-state index is 0.141. The van der Waals surface area contributed by atoms with E-state index in [0.717, 1.165) is 0 Å². The molecule has 1 heterocycles. The predicted octanol–water partition coefficient (Wildman–Crippen LogP) is 2.28. The molecule has 3 rings (SSSR count). The van der Waals surface area contributed by atoms with Gasteiger partial charge in [0.2, 0.25) is 0 Å². The van der Waals surface area contributed by atoms with Crippen LogP contribution >= 0.6 is 0 Å². The van der Waals surface area contributed by atoms with E-state index in [-0.39, 0.29) is 21.6 Å². The monoisotopic (exact) mass is 388 g/mol. The first kappa shape index (κ1) is 18.1. The second kappa shape index (κ2) is 5.68. The first-order chi connectivity index (χ1) is 12.0. The van der Waals surface area contributed by atoms with Gasteiger partial charge in [-0.25, -0.2) is 0 Å². The number of halogens is 3. The van der Waals surface area contributed by atoms with Crippen molar-refractivity contribution in [2.75, 3.05) is 19.0 Å². The third kappa shape index (κ3) is 2.59. The Morgan fingerprint density at radius 1 is 1.00 bits per heavy atom. The molecule has 0 N–H and O–H groups in total. The van der Waals surface area contributed by atoms with Crippen LogP contribution in [-0.4, -0.2) is 44.9 Å². The Balaban J connectivity index is 2.19. The molecule has 2 aromatic carbocycles. The van der Waals surface area contributed by atoms with Crippen LogP contribution in [0.5, 0.6) is 0 Å². The van der Waals surface area contributed by atoms with Crippen molar-refractivity contribution in [3.05, 3.63) is 41.5 Å². The van der Waals surface area contributed by atoms with Gasteiger partial charge in [0.25, 0.3) is 11.8 Å². The van der Waals surface area contributed by atoms with Crippen LogP contribution in [0.25, 0.3) is 10.8 Å². The lowest BCUT2D eigenvalue weighted by molar-refractivity contribution is -0.0761. The molecule has 0 unspecified atom stereocenters. The molecular formula is C15H11F3N2O5S. The van der Waals surface area contributed by atoms with Crippen LogP contribution in [0.2, 0.25) is 0 Å². The number of rotatable bonds is 3. The predicted molar refractivity (Wildman–Crippen MR) is 84.8 cm³/mol. The van der Waals surface area contributed by atoms with Crippen molar-refractivity contribution in [2.45, 2.75) is 5.51 Å². The summed E-state index contributed by atoms with van der Waals surface area (Å²) in [7, 11) is -2.70. The van der Waals surface area contributed by atoms with Crippen LogP contribution in [0, 0.1) is 0 Å². The largest absolute Gasteiger partial charge is 0.525 e. The molecule has 0 fully saturated rings. The molecule has 138 valence electrons. The third-order valence-electron chi connectivity index (χ3n) is 3.79. The maximum atomic E-state index is 12.5. The van der Waals surface area contributed by atoms with Gasteiger partial charge < -0.3 is 4.90 Å². The normalized spacial score (nSPS) is 14.9. The lowest BCUT2D eigenvalue weighted by Crippen LogP contribution is -2.44. The lowest BCUT2D eigenvalue weighted by atomic mass is 9.94. The highest BCUT2D eigenvalue weighted by Crippen LogP contribution is 2.36. The molecule has 0 atom stereocenters. The zero-order valence-corrected chi connectivity index (χ0v) is 14.2. The number of benzene rings is 2. The fourth-order valence-corrected chi connectivity index (χ4v) is 3.07. The first-order valence-electron chi connectivity index (χ1n) is 7.08. The number of carbonyl (C=O) groups is 2. The summed E-state index contributed by atoms with van der Waals surface area (Å²) in [6.45, 7) is 0. The van der Waals surface area contributed by atoms with E-state index in [1.54, 1.807) is 25.1 Å². The molecule has 11 heteroatoms. The van der Waals surface area contributed by atoms with Crippen molar-refractivity contribution in [2.24, 2.45) is 0 Å². The number of hydroxylamine groups is 2. The van der Waals surface area contributed by atoms with Gasteiger partial charge >= 0.3 is 15.6 Å². The average molecular weight is 388 g/mol. The fraction of sp³-hybridized carbons (Fsp3) is 0.200. The topological polar surface area (TPSA) is 84.0 Å². The Kier molecular flexibility index (Phi) is 3.96. The van der Waals surface area contributed by atoms with Crippen molar-refractivity contribution in [1.29, 1.82) is 0 Å². The van der Waals surface area contributed by atoms with E-state index in [9.17, 15) is 31.2 Å². The Labute approximate surface area is 145 Å².